The maximum Gasteiger partial charge on any atom is 0.138 e. The molecule has 2 aromatic rings. The quantitative estimate of drug-likeness (QED) is 0.882. The average molecular weight is 286 g/mol. The van der Waals surface area contributed by atoms with E-state index in [9.17, 15) is 0 Å². The molecule has 0 aliphatic rings. The lowest BCUT2D eigenvalue weighted by Crippen LogP contribution is -2.13. The summed E-state index contributed by atoms with van der Waals surface area (Å²) in [5.41, 5.74) is 1.02. The fourth-order valence-corrected chi connectivity index (χ4v) is 2.02. The van der Waals surface area contributed by atoms with Crippen LogP contribution in [0.25, 0.3) is 0 Å². The van der Waals surface area contributed by atoms with Crippen LogP contribution in [0, 0.1) is 6.92 Å². The van der Waals surface area contributed by atoms with Crippen LogP contribution in [0.2, 0.25) is 0 Å². The maximum atomic E-state index is 5.27. The molecule has 0 fully saturated rings. The number of hydrogen-bond donors (Lipinski definition) is 1. The van der Waals surface area contributed by atoms with Crippen LogP contribution in [-0.4, -0.2) is 30.7 Å². The van der Waals surface area contributed by atoms with E-state index in [2.05, 4.69) is 22.2 Å². The van der Waals surface area contributed by atoms with Crippen LogP contribution in [0.5, 0.6) is 5.75 Å². The van der Waals surface area contributed by atoms with Crippen LogP contribution < -0.4 is 15.0 Å². The molecule has 0 atom stereocenters. The Morgan fingerprint density at radius 1 is 1.24 bits per heavy atom. The van der Waals surface area contributed by atoms with Gasteiger partial charge in [0.05, 0.1) is 7.11 Å². The Bertz CT molecular complexity index is 601. The van der Waals surface area contributed by atoms with E-state index in [-0.39, 0.29) is 0 Å². The van der Waals surface area contributed by atoms with Gasteiger partial charge in [0.25, 0.3) is 0 Å². The van der Waals surface area contributed by atoms with Gasteiger partial charge in [-0.2, -0.15) is 0 Å². The summed E-state index contributed by atoms with van der Waals surface area (Å²) in [4.78, 5) is 10.9. The third-order valence-electron chi connectivity index (χ3n) is 3.16. The summed E-state index contributed by atoms with van der Waals surface area (Å²) in [6.07, 6.45) is 1.06. The number of hydrogen-bond acceptors (Lipinski definition) is 5. The minimum Gasteiger partial charge on any atom is -0.497 e. The molecule has 2 rings (SSSR count). The van der Waals surface area contributed by atoms with Gasteiger partial charge in [-0.15, -0.1) is 0 Å². The lowest BCUT2D eigenvalue weighted by atomic mass is 10.2. The summed E-state index contributed by atoms with van der Waals surface area (Å²) >= 11 is 0. The van der Waals surface area contributed by atoms with Gasteiger partial charge in [-0.1, -0.05) is 13.0 Å². The van der Waals surface area contributed by atoms with Gasteiger partial charge in [0.1, 0.15) is 23.2 Å². The van der Waals surface area contributed by atoms with Crippen LogP contribution in [0.1, 0.15) is 19.2 Å². The molecule has 0 aliphatic heterocycles. The molecular formula is C16H22N4O. The highest BCUT2D eigenvalue weighted by Crippen LogP contribution is 2.26. The van der Waals surface area contributed by atoms with E-state index in [0.717, 1.165) is 41.9 Å². The Morgan fingerprint density at radius 2 is 2.05 bits per heavy atom. The largest absolute Gasteiger partial charge is 0.497 e. The first kappa shape index (κ1) is 15.1. The van der Waals surface area contributed by atoms with Gasteiger partial charge < -0.3 is 15.0 Å². The molecule has 0 amide bonds. The predicted octanol–water partition coefficient (Wildman–Crippen LogP) is 3.38. The number of aromatic nitrogens is 2. The van der Waals surface area contributed by atoms with Crippen molar-refractivity contribution >= 4 is 17.3 Å². The van der Waals surface area contributed by atoms with Gasteiger partial charge in [0.2, 0.25) is 0 Å². The summed E-state index contributed by atoms with van der Waals surface area (Å²) in [6.45, 7) is 4.93. The first-order valence-electron chi connectivity index (χ1n) is 7.11. The lowest BCUT2D eigenvalue weighted by Gasteiger charge is -2.20. The standard InChI is InChI=1S/C16H22N4O/c1-5-9-17-15-11-16(19-12(2)18-15)20(3)13-7-6-8-14(10-13)21-4/h6-8,10-11H,5,9H2,1-4H3,(H,17,18,19). The van der Waals surface area contributed by atoms with Crippen molar-refractivity contribution in [2.24, 2.45) is 0 Å². The van der Waals surface area contributed by atoms with E-state index in [0.29, 0.717) is 0 Å². The summed E-state index contributed by atoms with van der Waals surface area (Å²) in [7, 11) is 3.65. The molecule has 5 heteroatoms. The predicted molar refractivity (Wildman–Crippen MR) is 86.6 cm³/mol. The fourth-order valence-electron chi connectivity index (χ4n) is 2.02. The van der Waals surface area contributed by atoms with Crippen molar-refractivity contribution in [2.75, 3.05) is 30.9 Å². The highest BCUT2D eigenvalue weighted by atomic mass is 16.5. The molecule has 0 radical (unpaired) electrons. The molecule has 21 heavy (non-hydrogen) atoms. The SMILES string of the molecule is CCCNc1cc(N(C)c2cccc(OC)c2)nc(C)n1. The average Bonchev–Trinajstić information content (AvgIpc) is 2.51. The number of anilines is 3. The molecule has 0 bridgehead atoms. The second kappa shape index (κ2) is 6.92. The Hall–Kier alpha value is -2.30. The highest BCUT2D eigenvalue weighted by Gasteiger charge is 2.09. The van der Waals surface area contributed by atoms with Crippen LogP contribution in [0.3, 0.4) is 0 Å². The van der Waals surface area contributed by atoms with Gasteiger partial charge in [-0.25, -0.2) is 9.97 Å². The Balaban J connectivity index is 2.28. The number of methoxy groups -OCH3 is 1. The summed E-state index contributed by atoms with van der Waals surface area (Å²) in [6, 6.07) is 9.86. The molecule has 5 nitrogen and oxygen atoms in total. The second-order valence-electron chi connectivity index (χ2n) is 4.85. The number of ether oxygens (including phenoxy) is 1. The monoisotopic (exact) mass is 286 g/mol. The fraction of sp³-hybridized carbons (Fsp3) is 0.375. The first-order valence-corrected chi connectivity index (χ1v) is 7.11. The minimum atomic E-state index is 0.751. The van der Waals surface area contributed by atoms with Crippen LogP contribution in [0.15, 0.2) is 30.3 Å². The van der Waals surface area contributed by atoms with Crippen molar-refractivity contribution in [1.29, 1.82) is 0 Å². The topological polar surface area (TPSA) is 50.3 Å². The molecule has 1 aromatic heterocycles. The summed E-state index contributed by atoms with van der Waals surface area (Å²) in [5, 5.41) is 3.30. The van der Waals surface area contributed by atoms with Gasteiger partial charge in [0.15, 0.2) is 0 Å². The molecule has 0 saturated carbocycles. The van der Waals surface area contributed by atoms with Crippen LogP contribution in [0.4, 0.5) is 17.3 Å². The van der Waals surface area contributed by atoms with E-state index in [4.69, 9.17) is 4.74 Å². The van der Waals surface area contributed by atoms with E-state index in [1.807, 2.05) is 49.2 Å². The smallest absolute Gasteiger partial charge is 0.138 e. The summed E-state index contributed by atoms with van der Waals surface area (Å²) < 4.78 is 5.27. The zero-order valence-electron chi connectivity index (χ0n) is 13.1. The summed E-state index contributed by atoms with van der Waals surface area (Å²) in [5.74, 6) is 3.29. The van der Waals surface area contributed by atoms with E-state index < -0.39 is 0 Å². The third-order valence-corrected chi connectivity index (χ3v) is 3.16. The molecule has 0 spiro atoms. The van der Waals surface area contributed by atoms with Crippen LogP contribution >= 0.6 is 0 Å². The van der Waals surface area contributed by atoms with Crippen molar-refractivity contribution in [3.63, 3.8) is 0 Å². The Morgan fingerprint density at radius 3 is 2.76 bits per heavy atom. The molecule has 1 heterocycles. The molecule has 1 N–H and O–H groups in total. The molecule has 1 aromatic carbocycles. The van der Waals surface area contributed by atoms with Crippen molar-refractivity contribution in [2.45, 2.75) is 20.3 Å². The second-order valence-corrected chi connectivity index (χ2v) is 4.85. The first-order chi connectivity index (χ1) is 10.1. The number of benzene rings is 1. The van der Waals surface area contributed by atoms with Gasteiger partial charge in [-0.3, -0.25) is 0 Å². The molecule has 112 valence electrons. The van der Waals surface area contributed by atoms with Gasteiger partial charge in [-0.05, 0) is 25.5 Å². The van der Waals surface area contributed by atoms with Crippen molar-refractivity contribution < 1.29 is 4.74 Å². The van der Waals surface area contributed by atoms with E-state index in [1.54, 1.807) is 7.11 Å². The number of nitrogens with one attached hydrogen (secondary N) is 1. The van der Waals surface area contributed by atoms with E-state index in [1.165, 1.54) is 0 Å². The minimum absolute atomic E-state index is 0.751. The Labute approximate surface area is 126 Å². The third kappa shape index (κ3) is 3.84. The molecule has 0 unspecified atom stereocenters. The highest BCUT2D eigenvalue weighted by molar-refractivity contribution is 5.63. The molecular weight excluding hydrogens is 264 g/mol. The lowest BCUT2D eigenvalue weighted by molar-refractivity contribution is 0.415. The zero-order valence-corrected chi connectivity index (χ0v) is 13.1. The number of aryl methyl sites for hydroxylation is 1. The van der Waals surface area contributed by atoms with Crippen molar-refractivity contribution in [1.82, 2.24) is 9.97 Å². The van der Waals surface area contributed by atoms with Gasteiger partial charge >= 0.3 is 0 Å². The molecule has 0 saturated heterocycles. The number of nitrogens with zero attached hydrogens (tertiary/aromatic N) is 3. The van der Waals surface area contributed by atoms with Crippen molar-refractivity contribution in [3.8, 4) is 5.75 Å². The normalized spacial score (nSPS) is 10.3. The number of rotatable bonds is 6. The van der Waals surface area contributed by atoms with E-state index >= 15 is 0 Å². The maximum absolute atomic E-state index is 5.27. The van der Waals surface area contributed by atoms with Crippen LogP contribution in [-0.2, 0) is 0 Å². The van der Waals surface area contributed by atoms with Crippen molar-refractivity contribution in [3.05, 3.63) is 36.2 Å². The zero-order chi connectivity index (χ0) is 15.2. The molecule has 0 aliphatic carbocycles. The van der Waals surface area contributed by atoms with Gasteiger partial charge in [0, 0.05) is 31.4 Å². The Kier molecular flexibility index (Phi) is 4.98.